The van der Waals surface area contributed by atoms with Crippen LogP contribution in [0.4, 0.5) is 0 Å². The highest BCUT2D eigenvalue weighted by molar-refractivity contribution is 9.10. The summed E-state index contributed by atoms with van der Waals surface area (Å²) in [5.74, 6) is -0.279. The Labute approximate surface area is 123 Å². The molecule has 1 aliphatic rings. The summed E-state index contributed by atoms with van der Waals surface area (Å²) in [6.45, 7) is 0. The Balaban J connectivity index is 2.01. The normalized spacial score (nSPS) is 21.8. The van der Waals surface area contributed by atoms with Gasteiger partial charge in [-0.3, -0.25) is 4.79 Å². The summed E-state index contributed by atoms with van der Waals surface area (Å²) >= 11 is 4.97. The van der Waals surface area contributed by atoms with Crippen LogP contribution in [0.1, 0.15) is 16.8 Å². The number of halogens is 1. The standard InChI is InChI=1S/C13H11BrO3S2/c14-11-3-1-2-9-10(6-18-13(9)11)12(15)8-4-5-19(16,17)7-8/h1-3,6,8H,4-5,7H2. The average Bonchev–Trinajstić information content (AvgIpc) is 2.93. The lowest BCUT2D eigenvalue weighted by Gasteiger charge is -2.05. The van der Waals surface area contributed by atoms with E-state index in [1.54, 1.807) is 0 Å². The van der Waals surface area contributed by atoms with Crippen molar-refractivity contribution in [2.24, 2.45) is 5.92 Å². The quantitative estimate of drug-likeness (QED) is 0.774. The monoisotopic (exact) mass is 358 g/mol. The van der Waals surface area contributed by atoms with Crippen LogP contribution in [0.3, 0.4) is 0 Å². The van der Waals surface area contributed by atoms with E-state index in [0.717, 1.165) is 14.6 Å². The van der Waals surface area contributed by atoms with Crippen LogP contribution in [0, 0.1) is 5.92 Å². The first kappa shape index (κ1) is 13.3. The molecule has 3 rings (SSSR count). The van der Waals surface area contributed by atoms with Gasteiger partial charge >= 0.3 is 0 Å². The highest BCUT2D eigenvalue weighted by Crippen LogP contribution is 2.34. The van der Waals surface area contributed by atoms with E-state index in [1.807, 2.05) is 23.6 Å². The number of hydrogen-bond acceptors (Lipinski definition) is 4. The number of Topliss-reactive ketones (excluding diaryl/α,β-unsaturated/α-hetero) is 1. The van der Waals surface area contributed by atoms with Crippen LogP contribution in [0.2, 0.25) is 0 Å². The molecule has 0 spiro atoms. The van der Waals surface area contributed by atoms with E-state index in [9.17, 15) is 13.2 Å². The summed E-state index contributed by atoms with van der Waals surface area (Å²) in [6.07, 6.45) is 0.451. The zero-order valence-corrected chi connectivity index (χ0v) is 13.1. The molecular formula is C13H11BrO3S2. The second-order valence-electron chi connectivity index (χ2n) is 4.73. The van der Waals surface area contributed by atoms with Crippen LogP contribution < -0.4 is 0 Å². The number of ketones is 1. The molecule has 0 saturated carbocycles. The largest absolute Gasteiger partial charge is 0.294 e. The Bertz CT molecular complexity index is 761. The second-order valence-corrected chi connectivity index (χ2v) is 8.69. The molecule has 6 heteroatoms. The zero-order chi connectivity index (χ0) is 13.6. The van der Waals surface area contributed by atoms with Gasteiger partial charge in [-0.2, -0.15) is 0 Å². The van der Waals surface area contributed by atoms with Crippen molar-refractivity contribution in [3.05, 3.63) is 33.6 Å². The number of carbonyl (C=O) groups is 1. The molecule has 1 aromatic carbocycles. The number of benzene rings is 1. The van der Waals surface area contributed by atoms with Gasteiger partial charge in [0, 0.05) is 31.4 Å². The van der Waals surface area contributed by atoms with E-state index < -0.39 is 9.84 Å². The molecule has 1 aromatic heterocycles. The fourth-order valence-corrected chi connectivity index (χ4v) is 5.79. The minimum atomic E-state index is -3.02. The van der Waals surface area contributed by atoms with Gasteiger partial charge in [-0.25, -0.2) is 8.42 Å². The van der Waals surface area contributed by atoms with Crippen molar-refractivity contribution < 1.29 is 13.2 Å². The van der Waals surface area contributed by atoms with Crippen LogP contribution >= 0.6 is 27.3 Å². The van der Waals surface area contributed by atoms with Crippen molar-refractivity contribution >= 4 is 53.0 Å². The Morgan fingerprint density at radius 3 is 2.84 bits per heavy atom. The molecule has 1 atom stereocenters. The summed E-state index contributed by atoms with van der Waals surface area (Å²) in [5, 5.41) is 2.75. The van der Waals surface area contributed by atoms with Crippen molar-refractivity contribution in [1.82, 2.24) is 0 Å². The van der Waals surface area contributed by atoms with Gasteiger partial charge in [0.1, 0.15) is 0 Å². The molecule has 0 bridgehead atoms. The van der Waals surface area contributed by atoms with Crippen LogP contribution in [0.25, 0.3) is 10.1 Å². The first-order valence-corrected chi connectivity index (χ1v) is 9.38. The van der Waals surface area contributed by atoms with Crippen LogP contribution in [0.15, 0.2) is 28.1 Å². The van der Waals surface area contributed by atoms with Crippen molar-refractivity contribution in [2.45, 2.75) is 6.42 Å². The van der Waals surface area contributed by atoms with Crippen molar-refractivity contribution in [3.8, 4) is 0 Å². The van der Waals surface area contributed by atoms with Gasteiger partial charge in [0.25, 0.3) is 0 Å². The van der Waals surface area contributed by atoms with E-state index in [4.69, 9.17) is 0 Å². The zero-order valence-electron chi connectivity index (χ0n) is 9.93. The highest BCUT2D eigenvalue weighted by Gasteiger charge is 2.34. The number of fused-ring (bicyclic) bond motifs is 1. The Morgan fingerprint density at radius 1 is 1.37 bits per heavy atom. The van der Waals surface area contributed by atoms with Crippen molar-refractivity contribution in [3.63, 3.8) is 0 Å². The summed E-state index contributed by atoms with van der Waals surface area (Å²) in [6, 6.07) is 5.74. The first-order valence-electron chi connectivity index (χ1n) is 5.88. The topological polar surface area (TPSA) is 51.2 Å². The van der Waals surface area contributed by atoms with Gasteiger partial charge in [0.2, 0.25) is 0 Å². The van der Waals surface area contributed by atoms with E-state index >= 15 is 0 Å². The molecule has 2 heterocycles. The molecule has 0 aliphatic carbocycles. The number of rotatable bonds is 2. The molecule has 0 radical (unpaired) electrons. The maximum Gasteiger partial charge on any atom is 0.168 e. The van der Waals surface area contributed by atoms with Crippen LogP contribution in [0.5, 0.6) is 0 Å². The molecule has 1 fully saturated rings. The smallest absolute Gasteiger partial charge is 0.168 e. The van der Waals surface area contributed by atoms with Crippen molar-refractivity contribution in [2.75, 3.05) is 11.5 Å². The molecule has 2 aromatic rings. The third-order valence-corrected chi connectivity index (χ3v) is 7.14. The van der Waals surface area contributed by atoms with Gasteiger partial charge in [0.15, 0.2) is 15.6 Å². The lowest BCUT2D eigenvalue weighted by atomic mass is 9.97. The SMILES string of the molecule is O=C(c1csc2c(Br)cccc12)C1CCS(=O)(=O)C1. The fourth-order valence-electron chi connectivity index (χ4n) is 2.43. The first-order chi connectivity index (χ1) is 8.98. The van der Waals surface area contributed by atoms with E-state index in [1.165, 1.54) is 11.3 Å². The molecule has 0 N–H and O–H groups in total. The second kappa shape index (κ2) is 4.68. The lowest BCUT2D eigenvalue weighted by molar-refractivity contribution is 0.0935. The Hall–Kier alpha value is -0.720. The minimum Gasteiger partial charge on any atom is -0.294 e. The predicted molar refractivity (Wildman–Crippen MR) is 80.6 cm³/mol. The number of hydrogen-bond donors (Lipinski definition) is 0. The Morgan fingerprint density at radius 2 is 2.16 bits per heavy atom. The van der Waals surface area contributed by atoms with Gasteiger partial charge < -0.3 is 0 Å². The van der Waals surface area contributed by atoms with Crippen molar-refractivity contribution in [1.29, 1.82) is 0 Å². The molecule has 1 saturated heterocycles. The summed E-state index contributed by atoms with van der Waals surface area (Å²) < 4.78 is 25.0. The minimum absolute atomic E-state index is 0.00280. The maximum atomic E-state index is 12.4. The lowest BCUT2D eigenvalue weighted by Crippen LogP contribution is -2.15. The molecule has 0 amide bonds. The predicted octanol–water partition coefficient (Wildman–Crippen LogP) is 3.28. The molecule has 1 aliphatic heterocycles. The molecule has 3 nitrogen and oxygen atoms in total. The number of sulfone groups is 1. The third kappa shape index (κ3) is 2.37. The van der Waals surface area contributed by atoms with Gasteiger partial charge in [0.05, 0.1) is 11.5 Å². The average molecular weight is 359 g/mol. The van der Waals surface area contributed by atoms with E-state index in [0.29, 0.717) is 12.0 Å². The highest BCUT2D eigenvalue weighted by atomic mass is 79.9. The number of carbonyl (C=O) groups excluding carboxylic acids is 1. The van der Waals surface area contributed by atoms with Gasteiger partial charge in [-0.15, -0.1) is 11.3 Å². The van der Waals surface area contributed by atoms with Crippen LogP contribution in [-0.4, -0.2) is 25.7 Å². The molecule has 1 unspecified atom stereocenters. The van der Waals surface area contributed by atoms with Crippen LogP contribution in [-0.2, 0) is 9.84 Å². The molecule has 19 heavy (non-hydrogen) atoms. The molecule has 100 valence electrons. The summed E-state index contributed by atoms with van der Waals surface area (Å²) in [5.41, 5.74) is 0.656. The third-order valence-electron chi connectivity index (χ3n) is 3.42. The fraction of sp³-hybridized carbons (Fsp3) is 0.308. The maximum absolute atomic E-state index is 12.4. The van der Waals surface area contributed by atoms with E-state index in [-0.39, 0.29) is 23.2 Å². The summed E-state index contributed by atoms with van der Waals surface area (Å²) in [7, 11) is -3.02. The van der Waals surface area contributed by atoms with Gasteiger partial charge in [-0.05, 0) is 28.4 Å². The molecular weight excluding hydrogens is 348 g/mol. The van der Waals surface area contributed by atoms with E-state index in [2.05, 4.69) is 15.9 Å². The van der Waals surface area contributed by atoms with Gasteiger partial charge in [-0.1, -0.05) is 12.1 Å². The number of thiophene rings is 1. The Kier molecular flexibility index (Phi) is 3.27. The summed E-state index contributed by atoms with van der Waals surface area (Å²) in [4.78, 5) is 12.4.